The van der Waals surface area contributed by atoms with Gasteiger partial charge in [-0.3, -0.25) is 0 Å². The number of ether oxygens (including phenoxy) is 1. The second kappa shape index (κ2) is 2.89. The minimum atomic E-state index is 0.0473. The Labute approximate surface area is 62.2 Å². The van der Waals surface area contributed by atoms with Crippen molar-refractivity contribution in [3.05, 3.63) is 0 Å². The molecular formula is C8H16O2. The molecule has 0 spiro atoms. The maximum Gasteiger partial charge on any atom is 0.0626 e. The van der Waals surface area contributed by atoms with Gasteiger partial charge in [0.2, 0.25) is 0 Å². The fraction of sp³-hybridized carbons (Fsp3) is 1.00. The van der Waals surface area contributed by atoms with Gasteiger partial charge in [-0.1, -0.05) is 0 Å². The van der Waals surface area contributed by atoms with Gasteiger partial charge in [0.25, 0.3) is 0 Å². The zero-order valence-corrected chi connectivity index (χ0v) is 6.76. The van der Waals surface area contributed by atoms with Crippen molar-refractivity contribution >= 4 is 0 Å². The maximum absolute atomic E-state index is 8.78. The highest BCUT2D eigenvalue weighted by Gasteiger charge is 2.26. The van der Waals surface area contributed by atoms with Gasteiger partial charge in [-0.05, 0) is 26.7 Å². The average Bonchev–Trinajstić information content (AvgIpc) is 1.88. The molecule has 1 N–H and O–H groups in total. The van der Waals surface area contributed by atoms with E-state index in [0.29, 0.717) is 5.92 Å². The Morgan fingerprint density at radius 1 is 1.60 bits per heavy atom. The SMILES string of the molecule is CC1(C)CC[C@H](CO)CO1. The first-order chi connectivity index (χ1) is 4.64. The molecule has 60 valence electrons. The van der Waals surface area contributed by atoms with Crippen molar-refractivity contribution in [3.8, 4) is 0 Å². The van der Waals surface area contributed by atoms with Gasteiger partial charge in [0, 0.05) is 12.5 Å². The molecule has 0 bridgehead atoms. The van der Waals surface area contributed by atoms with Crippen molar-refractivity contribution in [1.29, 1.82) is 0 Å². The molecule has 0 aromatic rings. The first kappa shape index (κ1) is 8.02. The van der Waals surface area contributed by atoms with Crippen molar-refractivity contribution in [2.75, 3.05) is 13.2 Å². The highest BCUT2D eigenvalue weighted by Crippen LogP contribution is 2.26. The van der Waals surface area contributed by atoms with Crippen LogP contribution in [0.5, 0.6) is 0 Å². The average molecular weight is 144 g/mol. The predicted octanol–water partition coefficient (Wildman–Crippen LogP) is 1.18. The van der Waals surface area contributed by atoms with Crippen LogP contribution >= 0.6 is 0 Å². The molecule has 1 heterocycles. The number of hydrogen-bond donors (Lipinski definition) is 1. The number of rotatable bonds is 1. The summed E-state index contributed by atoms with van der Waals surface area (Å²) in [6, 6.07) is 0. The Bertz CT molecular complexity index is 99.8. The molecule has 1 fully saturated rings. The third-order valence-corrected chi connectivity index (χ3v) is 2.12. The molecule has 0 saturated carbocycles. The van der Waals surface area contributed by atoms with Crippen molar-refractivity contribution in [1.82, 2.24) is 0 Å². The minimum absolute atomic E-state index is 0.0473. The van der Waals surface area contributed by atoms with Crippen LogP contribution in [0.1, 0.15) is 26.7 Å². The van der Waals surface area contributed by atoms with Gasteiger partial charge >= 0.3 is 0 Å². The summed E-state index contributed by atoms with van der Waals surface area (Å²) in [7, 11) is 0. The summed E-state index contributed by atoms with van der Waals surface area (Å²) in [5.41, 5.74) is 0.0473. The quantitative estimate of drug-likeness (QED) is 0.599. The Kier molecular flexibility index (Phi) is 2.32. The van der Waals surface area contributed by atoms with Crippen LogP contribution in [0.3, 0.4) is 0 Å². The standard InChI is InChI=1S/C8H16O2/c1-8(2)4-3-7(5-9)6-10-8/h7,9H,3-6H2,1-2H3/t7-/m1/s1. The van der Waals surface area contributed by atoms with E-state index in [1.54, 1.807) is 0 Å². The normalized spacial score (nSPS) is 32.1. The predicted molar refractivity (Wildman–Crippen MR) is 39.8 cm³/mol. The van der Waals surface area contributed by atoms with Crippen LogP contribution in [0, 0.1) is 5.92 Å². The second-order valence-corrected chi connectivity index (χ2v) is 3.66. The lowest BCUT2D eigenvalue weighted by Crippen LogP contribution is -2.34. The monoisotopic (exact) mass is 144 g/mol. The van der Waals surface area contributed by atoms with Gasteiger partial charge in [0.1, 0.15) is 0 Å². The molecule has 1 saturated heterocycles. The highest BCUT2D eigenvalue weighted by atomic mass is 16.5. The molecule has 0 radical (unpaired) electrons. The summed E-state index contributed by atoms with van der Waals surface area (Å²) in [6.07, 6.45) is 2.17. The van der Waals surface area contributed by atoms with Crippen LogP contribution in [0.2, 0.25) is 0 Å². The van der Waals surface area contributed by atoms with Gasteiger partial charge < -0.3 is 9.84 Å². The molecule has 1 rings (SSSR count). The molecule has 2 heteroatoms. The smallest absolute Gasteiger partial charge is 0.0626 e. The van der Waals surface area contributed by atoms with Crippen molar-refractivity contribution < 1.29 is 9.84 Å². The Morgan fingerprint density at radius 3 is 2.70 bits per heavy atom. The lowest BCUT2D eigenvalue weighted by Gasteiger charge is -2.33. The summed E-state index contributed by atoms with van der Waals surface area (Å²) < 4.78 is 5.51. The fourth-order valence-corrected chi connectivity index (χ4v) is 1.19. The molecule has 0 unspecified atom stereocenters. The molecule has 10 heavy (non-hydrogen) atoms. The van der Waals surface area contributed by atoms with Crippen LogP contribution in [0.25, 0.3) is 0 Å². The fourth-order valence-electron chi connectivity index (χ4n) is 1.19. The van der Waals surface area contributed by atoms with Gasteiger partial charge in [-0.2, -0.15) is 0 Å². The van der Waals surface area contributed by atoms with Gasteiger partial charge in [0.05, 0.1) is 12.2 Å². The third-order valence-electron chi connectivity index (χ3n) is 2.12. The zero-order chi connectivity index (χ0) is 7.61. The first-order valence-electron chi connectivity index (χ1n) is 3.89. The molecule has 2 nitrogen and oxygen atoms in total. The molecule has 0 aliphatic carbocycles. The molecular weight excluding hydrogens is 128 g/mol. The Hall–Kier alpha value is -0.0800. The third kappa shape index (κ3) is 1.96. The summed E-state index contributed by atoms with van der Waals surface area (Å²) >= 11 is 0. The molecule has 0 aromatic heterocycles. The number of hydrogen-bond acceptors (Lipinski definition) is 2. The van der Waals surface area contributed by atoms with Crippen molar-refractivity contribution in [2.24, 2.45) is 5.92 Å². The van der Waals surface area contributed by atoms with Gasteiger partial charge in [0.15, 0.2) is 0 Å². The summed E-state index contributed by atoms with van der Waals surface area (Å²) in [5, 5.41) is 8.78. The molecule has 0 aromatic carbocycles. The number of aliphatic hydroxyl groups is 1. The van der Waals surface area contributed by atoms with E-state index in [-0.39, 0.29) is 12.2 Å². The minimum Gasteiger partial charge on any atom is -0.396 e. The molecule has 0 amide bonds. The molecule has 1 atom stereocenters. The van der Waals surface area contributed by atoms with E-state index >= 15 is 0 Å². The largest absolute Gasteiger partial charge is 0.396 e. The van der Waals surface area contributed by atoms with Crippen LogP contribution in [0.15, 0.2) is 0 Å². The summed E-state index contributed by atoms with van der Waals surface area (Å²) in [5.74, 6) is 0.382. The van der Waals surface area contributed by atoms with Crippen LogP contribution in [0.4, 0.5) is 0 Å². The van der Waals surface area contributed by atoms with Crippen LogP contribution in [-0.2, 0) is 4.74 Å². The molecule has 1 aliphatic rings. The van der Waals surface area contributed by atoms with Crippen LogP contribution < -0.4 is 0 Å². The topological polar surface area (TPSA) is 29.5 Å². The summed E-state index contributed by atoms with van der Waals surface area (Å²) in [4.78, 5) is 0. The van der Waals surface area contributed by atoms with Gasteiger partial charge in [-0.25, -0.2) is 0 Å². The van der Waals surface area contributed by atoms with E-state index in [1.807, 2.05) is 0 Å². The van der Waals surface area contributed by atoms with E-state index in [1.165, 1.54) is 0 Å². The van der Waals surface area contributed by atoms with E-state index in [0.717, 1.165) is 19.4 Å². The zero-order valence-electron chi connectivity index (χ0n) is 6.76. The van der Waals surface area contributed by atoms with E-state index in [9.17, 15) is 0 Å². The van der Waals surface area contributed by atoms with E-state index in [4.69, 9.17) is 9.84 Å². The second-order valence-electron chi connectivity index (χ2n) is 3.66. The first-order valence-corrected chi connectivity index (χ1v) is 3.89. The number of aliphatic hydroxyl groups excluding tert-OH is 1. The maximum atomic E-state index is 8.78. The lowest BCUT2D eigenvalue weighted by atomic mass is 9.92. The summed E-state index contributed by atoms with van der Waals surface area (Å²) in [6.45, 7) is 5.20. The Morgan fingerprint density at radius 2 is 2.30 bits per heavy atom. The van der Waals surface area contributed by atoms with Gasteiger partial charge in [-0.15, -0.1) is 0 Å². The van der Waals surface area contributed by atoms with Crippen molar-refractivity contribution in [2.45, 2.75) is 32.3 Å². The lowest BCUT2D eigenvalue weighted by molar-refractivity contribution is -0.0852. The van der Waals surface area contributed by atoms with Crippen molar-refractivity contribution in [3.63, 3.8) is 0 Å². The van der Waals surface area contributed by atoms with E-state index in [2.05, 4.69) is 13.8 Å². The molecule has 1 aliphatic heterocycles. The highest BCUT2D eigenvalue weighted by molar-refractivity contribution is 4.76. The Balaban J connectivity index is 2.31. The van der Waals surface area contributed by atoms with E-state index < -0.39 is 0 Å². The van der Waals surface area contributed by atoms with Crippen LogP contribution in [-0.4, -0.2) is 23.9 Å².